The van der Waals surface area contributed by atoms with E-state index in [0.717, 1.165) is 16.9 Å². The number of ether oxygens (including phenoxy) is 1. The number of carbonyl (C=O) groups excluding carboxylic acids is 1. The van der Waals surface area contributed by atoms with Crippen LogP contribution >= 0.6 is 0 Å². The minimum atomic E-state index is -0.174. The second-order valence-corrected chi connectivity index (χ2v) is 7.32. The fourth-order valence-corrected chi connectivity index (χ4v) is 3.35. The average Bonchev–Trinajstić information content (AvgIpc) is 3.05. The summed E-state index contributed by atoms with van der Waals surface area (Å²) in [6.45, 7) is 1.84. The van der Waals surface area contributed by atoms with E-state index in [4.69, 9.17) is 4.74 Å². The zero-order valence-electron chi connectivity index (χ0n) is 17.9. The fourth-order valence-electron chi connectivity index (χ4n) is 3.35. The number of para-hydroxylation sites is 1. The molecule has 0 atom stereocenters. The van der Waals surface area contributed by atoms with Crippen LogP contribution in [-0.2, 0) is 7.05 Å². The first-order chi connectivity index (χ1) is 15.5. The first-order valence-electron chi connectivity index (χ1n) is 10.2. The Kier molecular flexibility index (Phi) is 6.12. The van der Waals surface area contributed by atoms with Gasteiger partial charge in [-0.1, -0.05) is 48.5 Å². The topological polar surface area (TPSA) is 65.6 Å². The number of hydrogen-bond donors (Lipinski definition) is 0. The first-order valence-corrected chi connectivity index (χ1v) is 10.2. The molecule has 0 amide bonds. The molecule has 0 fully saturated rings. The summed E-state index contributed by atoms with van der Waals surface area (Å²) in [5, 5.41) is 0. The van der Waals surface area contributed by atoms with E-state index in [1.807, 2.05) is 74.6 Å². The van der Waals surface area contributed by atoms with Crippen LogP contribution in [0.15, 0.2) is 94.7 Å². The number of carbonyl (C=O) groups is 1. The Balaban J connectivity index is 1.47. The van der Waals surface area contributed by atoms with Gasteiger partial charge in [-0.05, 0) is 48.9 Å². The highest BCUT2D eigenvalue weighted by Crippen LogP contribution is 2.17. The summed E-state index contributed by atoms with van der Waals surface area (Å²) in [4.78, 5) is 29.5. The zero-order chi connectivity index (χ0) is 22.5. The maximum Gasteiger partial charge on any atom is 0.297 e. The summed E-state index contributed by atoms with van der Waals surface area (Å²) in [5.41, 5.74) is 3.22. The Labute approximate surface area is 186 Å². The molecule has 0 saturated carbocycles. The van der Waals surface area contributed by atoms with Crippen LogP contribution in [0.25, 0.3) is 5.69 Å². The number of Topliss-reactive ketones (excluding diaryl/α,β-unsaturated/α-hetero) is 1. The Bertz CT molecular complexity index is 1300. The summed E-state index contributed by atoms with van der Waals surface area (Å²) in [6.07, 6.45) is 1.65. The second-order valence-electron chi connectivity index (χ2n) is 7.32. The number of rotatable bonds is 7. The van der Waals surface area contributed by atoms with E-state index in [2.05, 4.69) is 4.99 Å². The summed E-state index contributed by atoms with van der Waals surface area (Å²) < 4.78 is 8.99. The van der Waals surface area contributed by atoms with Gasteiger partial charge in [0.05, 0.1) is 11.4 Å². The molecule has 0 N–H and O–H groups in total. The van der Waals surface area contributed by atoms with Crippen molar-refractivity contribution in [2.24, 2.45) is 12.0 Å². The number of hydrogen-bond acceptors (Lipinski definition) is 4. The van der Waals surface area contributed by atoms with Crippen molar-refractivity contribution in [2.45, 2.75) is 6.92 Å². The van der Waals surface area contributed by atoms with Crippen molar-refractivity contribution in [3.05, 3.63) is 112 Å². The van der Waals surface area contributed by atoms with Gasteiger partial charge in [-0.2, -0.15) is 0 Å². The van der Waals surface area contributed by atoms with Crippen LogP contribution in [0.5, 0.6) is 5.75 Å². The highest BCUT2D eigenvalue weighted by Gasteiger charge is 2.14. The monoisotopic (exact) mass is 425 g/mol. The summed E-state index contributed by atoms with van der Waals surface area (Å²) in [5.74, 6) is 0.513. The molecule has 1 aromatic heterocycles. The van der Waals surface area contributed by atoms with Crippen LogP contribution in [-0.4, -0.2) is 28.0 Å². The van der Waals surface area contributed by atoms with E-state index < -0.39 is 0 Å². The minimum Gasteiger partial charge on any atom is -0.485 e. The van der Waals surface area contributed by atoms with Gasteiger partial charge in [-0.3, -0.25) is 14.3 Å². The first kappa shape index (κ1) is 21.1. The Morgan fingerprint density at radius 3 is 2.22 bits per heavy atom. The van der Waals surface area contributed by atoms with Crippen LogP contribution in [0.3, 0.4) is 0 Å². The Morgan fingerprint density at radius 2 is 1.56 bits per heavy atom. The van der Waals surface area contributed by atoms with Crippen LogP contribution in [0.2, 0.25) is 0 Å². The van der Waals surface area contributed by atoms with Crippen molar-refractivity contribution in [1.82, 2.24) is 9.36 Å². The molecule has 4 aromatic rings. The van der Waals surface area contributed by atoms with Gasteiger partial charge in [0.1, 0.15) is 5.75 Å². The Morgan fingerprint density at radius 1 is 0.938 bits per heavy atom. The third-order valence-electron chi connectivity index (χ3n) is 5.21. The third kappa shape index (κ3) is 4.44. The molecule has 1 heterocycles. The maximum atomic E-state index is 12.9. The summed E-state index contributed by atoms with van der Waals surface area (Å²) in [7, 11) is 1.84. The molecular weight excluding hydrogens is 402 g/mol. The summed E-state index contributed by atoms with van der Waals surface area (Å²) >= 11 is 0. The SMILES string of the molecule is Cc1c(N=Cc2ccc(OCC(=O)c3ccccc3)cc2)c(=O)n(-c2ccccc2)n1C. The minimum absolute atomic E-state index is 0.0281. The van der Waals surface area contributed by atoms with Gasteiger partial charge in [-0.25, -0.2) is 9.67 Å². The molecule has 0 aliphatic carbocycles. The third-order valence-corrected chi connectivity index (χ3v) is 5.21. The van der Waals surface area contributed by atoms with Gasteiger partial charge >= 0.3 is 0 Å². The molecule has 6 heteroatoms. The fraction of sp³-hybridized carbons (Fsp3) is 0.115. The highest BCUT2D eigenvalue weighted by atomic mass is 16.5. The predicted molar refractivity (Wildman–Crippen MR) is 126 cm³/mol. The maximum absolute atomic E-state index is 12.9. The van der Waals surface area contributed by atoms with E-state index in [-0.39, 0.29) is 17.9 Å². The molecule has 0 bridgehead atoms. The molecule has 0 aliphatic heterocycles. The van der Waals surface area contributed by atoms with Gasteiger partial charge in [0.25, 0.3) is 5.56 Å². The number of aromatic nitrogens is 2. The van der Waals surface area contributed by atoms with E-state index in [9.17, 15) is 9.59 Å². The number of nitrogens with zero attached hydrogens (tertiary/aromatic N) is 3. The van der Waals surface area contributed by atoms with Crippen molar-refractivity contribution in [3.8, 4) is 11.4 Å². The molecule has 0 saturated heterocycles. The molecule has 0 radical (unpaired) electrons. The number of benzene rings is 3. The van der Waals surface area contributed by atoms with Crippen LogP contribution in [0.1, 0.15) is 21.6 Å². The van der Waals surface area contributed by atoms with Crippen LogP contribution in [0, 0.1) is 6.92 Å². The van der Waals surface area contributed by atoms with Crippen molar-refractivity contribution in [3.63, 3.8) is 0 Å². The molecule has 0 aliphatic rings. The van der Waals surface area contributed by atoms with E-state index >= 15 is 0 Å². The molecule has 6 nitrogen and oxygen atoms in total. The normalized spacial score (nSPS) is 11.1. The molecular formula is C26H23N3O3. The highest BCUT2D eigenvalue weighted by molar-refractivity contribution is 5.97. The quantitative estimate of drug-likeness (QED) is 0.324. The zero-order valence-corrected chi connectivity index (χ0v) is 17.9. The predicted octanol–water partition coefficient (Wildman–Crippen LogP) is 4.50. The van der Waals surface area contributed by atoms with E-state index in [0.29, 0.717) is 17.0 Å². The van der Waals surface area contributed by atoms with Crippen LogP contribution < -0.4 is 10.3 Å². The molecule has 4 rings (SSSR count). The van der Waals surface area contributed by atoms with Crippen molar-refractivity contribution in [1.29, 1.82) is 0 Å². The lowest BCUT2D eigenvalue weighted by Gasteiger charge is -2.07. The Hall–Kier alpha value is -4.19. The smallest absolute Gasteiger partial charge is 0.297 e. The summed E-state index contributed by atoms with van der Waals surface area (Å²) in [6, 6.07) is 25.7. The van der Waals surface area contributed by atoms with Crippen molar-refractivity contribution in [2.75, 3.05) is 6.61 Å². The standard InChI is InChI=1S/C26H23N3O3/c1-19-25(26(31)29(28(19)2)22-11-7-4-8-12-22)27-17-20-13-15-23(16-14-20)32-18-24(30)21-9-5-3-6-10-21/h3-17H,18H2,1-2H3. The number of aliphatic imine (C=N–C) groups is 1. The van der Waals surface area contributed by atoms with Crippen LogP contribution in [0.4, 0.5) is 5.69 Å². The lowest BCUT2D eigenvalue weighted by atomic mass is 10.1. The van der Waals surface area contributed by atoms with E-state index in [1.54, 1.807) is 39.8 Å². The lowest BCUT2D eigenvalue weighted by molar-refractivity contribution is 0.0921. The van der Waals surface area contributed by atoms with Gasteiger partial charge in [-0.15, -0.1) is 0 Å². The number of ketones is 1. The van der Waals surface area contributed by atoms with Crippen molar-refractivity contribution < 1.29 is 9.53 Å². The largest absolute Gasteiger partial charge is 0.485 e. The van der Waals surface area contributed by atoms with Gasteiger partial charge < -0.3 is 4.74 Å². The molecule has 3 aromatic carbocycles. The van der Waals surface area contributed by atoms with Crippen molar-refractivity contribution >= 4 is 17.7 Å². The lowest BCUT2D eigenvalue weighted by Crippen LogP contribution is -2.19. The average molecular weight is 425 g/mol. The van der Waals surface area contributed by atoms with E-state index in [1.165, 1.54) is 0 Å². The molecule has 0 spiro atoms. The van der Waals surface area contributed by atoms with Gasteiger partial charge in [0, 0.05) is 18.8 Å². The van der Waals surface area contributed by atoms with Gasteiger partial charge in [0.15, 0.2) is 18.1 Å². The molecule has 32 heavy (non-hydrogen) atoms. The second kappa shape index (κ2) is 9.31. The van der Waals surface area contributed by atoms with Gasteiger partial charge in [0.2, 0.25) is 0 Å². The molecule has 0 unspecified atom stereocenters. The molecule has 160 valence electrons.